The molecule has 8 heteroatoms. The van der Waals surface area contributed by atoms with Crippen molar-refractivity contribution in [2.24, 2.45) is 4.99 Å². The number of morpholine rings is 1. The zero-order chi connectivity index (χ0) is 19.4. The van der Waals surface area contributed by atoms with Gasteiger partial charge in [0.2, 0.25) is 10.0 Å². The van der Waals surface area contributed by atoms with Crippen molar-refractivity contribution in [3.63, 3.8) is 0 Å². The van der Waals surface area contributed by atoms with Crippen molar-refractivity contribution >= 4 is 21.7 Å². The summed E-state index contributed by atoms with van der Waals surface area (Å²) in [6.07, 6.45) is 0.818. The van der Waals surface area contributed by atoms with Gasteiger partial charge in [0.05, 0.1) is 24.5 Å². The second-order valence-electron chi connectivity index (χ2n) is 7.16. The SMILES string of the molecule is CCNC(=NCCS(=O)(=O)N1CC(C)OC(C)C1)N1CCc2ccccc21. The maximum atomic E-state index is 12.7. The van der Waals surface area contributed by atoms with E-state index in [0.29, 0.717) is 13.1 Å². The van der Waals surface area contributed by atoms with Crippen LogP contribution in [0.2, 0.25) is 0 Å². The van der Waals surface area contributed by atoms with Gasteiger partial charge < -0.3 is 15.0 Å². The lowest BCUT2D eigenvalue weighted by molar-refractivity contribution is -0.0440. The maximum absolute atomic E-state index is 12.7. The van der Waals surface area contributed by atoms with Crippen molar-refractivity contribution in [1.82, 2.24) is 9.62 Å². The van der Waals surface area contributed by atoms with Crippen LogP contribution in [0.5, 0.6) is 0 Å². The lowest BCUT2D eigenvalue weighted by Gasteiger charge is -2.34. The molecule has 150 valence electrons. The number of fused-ring (bicyclic) bond motifs is 1. The Hall–Kier alpha value is -1.64. The fourth-order valence-corrected chi connectivity index (χ4v) is 5.16. The van der Waals surface area contributed by atoms with Gasteiger partial charge in [0.1, 0.15) is 0 Å². The highest BCUT2D eigenvalue weighted by Gasteiger charge is 2.30. The Morgan fingerprint density at radius 2 is 1.96 bits per heavy atom. The van der Waals surface area contributed by atoms with E-state index >= 15 is 0 Å². The van der Waals surface area contributed by atoms with Crippen LogP contribution >= 0.6 is 0 Å². The molecule has 1 N–H and O–H groups in total. The number of ether oxygens (including phenoxy) is 1. The van der Waals surface area contributed by atoms with E-state index < -0.39 is 10.0 Å². The molecule has 2 atom stereocenters. The summed E-state index contributed by atoms with van der Waals surface area (Å²) in [6, 6.07) is 8.28. The Labute approximate surface area is 162 Å². The van der Waals surface area contributed by atoms with Gasteiger partial charge >= 0.3 is 0 Å². The molecule has 3 rings (SSSR count). The molecule has 2 aliphatic heterocycles. The fourth-order valence-electron chi connectivity index (χ4n) is 3.71. The monoisotopic (exact) mass is 394 g/mol. The third-order valence-corrected chi connectivity index (χ3v) is 6.65. The highest BCUT2D eigenvalue weighted by atomic mass is 32.2. The topological polar surface area (TPSA) is 74.2 Å². The minimum atomic E-state index is -3.34. The number of para-hydroxylation sites is 1. The van der Waals surface area contributed by atoms with E-state index in [1.807, 2.05) is 32.9 Å². The van der Waals surface area contributed by atoms with E-state index in [1.54, 1.807) is 4.31 Å². The van der Waals surface area contributed by atoms with Crippen molar-refractivity contribution in [3.05, 3.63) is 29.8 Å². The number of hydrogen-bond acceptors (Lipinski definition) is 4. The Kier molecular flexibility index (Phi) is 6.39. The lowest BCUT2D eigenvalue weighted by atomic mass is 10.2. The van der Waals surface area contributed by atoms with Crippen LogP contribution in [-0.2, 0) is 21.2 Å². The van der Waals surface area contributed by atoms with E-state index in [4.69, 9.17) is 4.74 Å². The molecule has 1 aromatic carbocycles. The van der Waals surface area contributed by atoms with Crippen LogP contribution in [0.4, 0.5) is 5.69 Å². The predicted octanol–water partition coefficient (Wildman–Crippen LogP) is 1.45. The Morgan fingerprint density at radius 1 is 1.26 bits per heavy atom. The molecule has 1 fully saturated rings. The number of benzene rings is 1. The Morgan fingerprint density at radius 3 is 2.67 bits per heavy atom. The number of nitrogens with one attached hydrogen (secondary N) is 1. The van der Waals surface area contributed by atoms with Crippen LogP contribution in [-0.4, -0.2) is 69.4 Å². The molecule has 2 heterocycles. The quantitative estimate of drug-likeness (QED) is 0.604. The molecule has 27 heavy (non-hydrogen) atoms. The molecule has 0 bridgehead atoms. The second-order valence-corrected chi connectivity index (χ2v) is 9.24. The van der Waals surface area contributed by atoms with E-state index in [9.17, 15) is 8.42 Å². The minimum Gasteiger partial charge on any atom is -0.373 e. The van der Waals surface area contributed by atoms with Gasteiger partial charge in [-0.1, -0.05) is 18.2 Å². The normalized spacial score (nSPS) is 24.1. The van der Waals surface area contributed by atoms with Crippen molar-refractivity contribution in [1.29, 1.82) is 0 Å². The number of aliphatic imine (C=N–C) groups is 1. The largest absolute Gasteiger partial charge is 0.373 e. The molecule has 2 unspecified atom stereocenters. The molecule has 0 aliphatic carbocycles. The zero-order valence-corrected chi connectivity index (χ0v) is 17.2. The van der Waals surface area contributed by atoms with Gasteiger partial charge in [-0.15, -0.1) is 0 Å². The Bertz CT molecular complexity index is 771. The molecule has 0 radical (unpaired) electrons. The smallest absolute Gasteiger partial charge is 0.216 e. The molecule has 7 nitrogen and oxygen atoms in total. The average Bonchev–Trinajstić information content (AvgIpc) is 3.04. The van der Waals surface area contributed by atoms with Crippen LogP contribution in [0.1, 0.15) is 26.3 Å². The first kappa shape index (κ1) is 20.1. The van der Waals surface area contributed by atoms with E-state index in [0.717, 1.165) is 31.2 Å². The van der Waals surface area contributed by atoms with Gasteiger partial charge in [-0.3, -0.25) is 4.99 Å². The van der Waals surface area contributed by atoms with E-state index in [-0.39, 0.29) is 24.5 Å². The van der Waals surface area contributed by atoms with Gasteiger partial charge in [0, 0.05) is 31.9 Å². The van der Waals surface area contributed by atoms with E-state index in [2.05, 4.69) is 27.3 Å². The average molecular weight is 395 g/mol. The highest BCUT2D eigenvalue weighted by molar-refractivity contribution is 7.89. The molecule has 0 aromatic heterocycles. The summed E-state index contributed by atoms with van der Waals surface area (Å²) in [7, 11) is -3.34. The third-order valence-electron chi connectivity index (χ3n) is 4.87. The molecule has 1 saturated heterocycles. The predicted molar refractivity (Wildman–Crippen MR) is 109 cm³/mol. The second kappa shape index (κ2) is 8.58. The van der Waals surface area contributed by atoms with Crippen LogP contribution in [0.3, 0.4) is 0 Å². The van der Waals surface area contributed by atoms with Crippen LogP contribution in [0.15, 0.2) is 29.3 Å². The number of rotatable bonds is 5. The van der Waals surface area contributed by atoms with Crippen LogP contribution in [0, 0.1) is 0 Å². The highest BCUT2D eigenvalue weighted by Crippen LogP contribution is 2.27. The third kappa shape index (κ3) is 4.80. The molecule has 0 saturated carbocycles. The van der Waals surface area contributed by atoms with Crippen LogP contribution in [0.25, 0.3) is 0 Å². The number of hydrogen-bond donors (Lipinski definition) is 1. The fraction of sp³-hybridized carbons (Fsp3) is 0.632. The molecule has 2 aliphatic rings. The van der Waals surface area contributed by atoms with Gasteiger partial charge in [-0.25, -0.2) is 8.42 Å². The number of guanidine groups is 1. The first-order valence-electron chi connectivity index (χ1n) is 9.67. The summed E-state index contributed by atoms with van der Waals surface area (Å²) in [5.41, 5.74) is 2.45. The summed E-state index contributed by atoms with van der Waals surface area (Å²) in [5.74, 6) is 0.762. The molecule has 0 amide bonds. The summed E-state index contributed by atoms with van der Waals surface area (Å²) >= 11 is 0. The number of anilines is 1. The maximum Gasteiger partial charge on any atom is 0.216 e. The summed E-state index contributed by atoms with van der Waals surface area (Å²) in [6.45, 7) is 8.49. The van der Waals surface area contributed by atoms with Gasteiger partial charge in [-0.05, 0) is 38.8 Å². The van der Waals surface area contributed by atoms with Crippen molar-refractivity contribution in [2.45, 2.75) is 39.4 Å². The van der Waals surface area contributed by atoms with Gasteiger partial charge in [-0.2, -0.15) is 4.31 Å². The number of sulfonamides is 1. The Balaban J connectivity index is 1.67. The standard InChI is InChI=1S/C19H30N4O3S/c1-4-20-19(23-11-9-17-7-5-6-8-18(17)23)21-10-12-27(24,25)22-13-15(2)26-16(3)14-22/h5-8,15-16H,4,9-14H2,1-3H3,(H,20,21). The minimum absolute atomic E-state index is 0.0107. The van der Waals surface area contributed by atoms with E-state index in [1.165, 1.54) is 5.56 Å². The lowest BCUT2D eigenvalue weighted by Crippen LogP contribution is -2.49. The zero-order valence-electron chi connectivity index (χ0n) is 16.4. The molecular formula is C19H30N4O3S. The summed E-state index contributed by atoms with van der Waals surface area (Å²) in [5, 5.41) is 3.29. The summed E-state index contributed by atoms with van der Waals surface area (Å²) in [4.78, 5) is 6.75. The summed E-state index contributed by atoms with van der Waals surface area (Å²) < 4.78 is 32.6. The molecule has 1 aromatic rings. The van der Waals surface area contributed by atoms with Crippen LogP contribution < -0.4 is 10.2 Å². The van der Waals surface area contributed by atoms with Crippen molar-refractivity contribution < 1.29 is 13.2 Å². The van der Waals surface area contributed by atoms with Gasteiger partial charge in [0.25, 0.3) is 0 Å². The molecule has 0 spiro atoms. The molecular weight excluding hydrogens is 364 g/mol. The number of nitrogens with zero attached hydrogens (tertiary/aromatic N) is 3. The van der Waals surface area contributed by atoms with Crippen molar-refractivity contribution in [3.8, 4) is 0 Å². The first-order valence-corrected chi connectivity index (χ1v) is 11.3. The van der Waals surface area contributed by atoms with Gasteiger partial charge in [0.15, 0.2) is 5.96 Å². The first-order chi connectivity index (χ1) is 12.9. The van der Waals surface area contributed by atoms with Crippen molar-refractivity contribution in [2.75, 3.05) is 43.4 Å².